The van der Waals surface area contributed by atoms with Crippen LogP contribution in [0.4, 0.5) is 0 Å². The van der Waals surface area contributed by atoms with E-state index in [9.17, 15) is 9.90 Å². The number of ether oxygens (including phenoxy) is 1. The zero-order chi connectivity index (χ0) is 13.2. The molecule has 1 amide bonds. The Morgan fingerprint density at radius 1 is 1.32 bits per heavy atom. The summed E-state index contributed by atoms with van der Waals surface area (Å²) in [6.07, 6.45) is 2.54. The number of carbonyl (C=O) groups excluding carboxylic acids is 1. The third kappa shape index (κ3) is 2.51. The standard InChI is InChI=1S/C15H19NO3/c17-12-9-10-5-1-2-6-11(10)14(12)16-15(18)13-7-3-4-8-19-13/h1-2,5-6,12-14,17H,3-4,7-9H2,(H,16,18)/t12-,13?,14+/m1/s1. The third-order valence-corrected chi connectivity index (χ3v) is 3.97. The van der Waals surface area contributed by atoms with Crippen LogP contribution in [0.1, 0.15) is 36.4 Å². The molecular weight excluding hydrogens is 242 g/mol. The van der Waals surface area contributed by atoms with Gasteiger partial charge in [-0.2, -0.15) is 0 Å². The van der Waals surface area contributed by atoms with E-state index >= 15 is 0 Å². The predicted octanol–water partition coefficient (Wildman–Crippen LogP) is 1.33. The second-order valence-corrected chi connectivity index (χ2v) is 5.31. The van der Waals surface area contributed by atoms with Crippen molar-refractivity contribution >= 4 is 5.91 Å². The quantitative estimate of drug-likeness (QED) is 0.844. The molecular formula is C15H19NO3. The molecule has 3 atom stereocenters. The molecule has 0 spiro atoms. The van der Waals surface area contributed by atoms with Crippen LogP contribution in [0.15, 0.2) is 24.3 Å². The lowest BCUT2D eigenvalue weighted by Crippen LogP contribution is -2.42. The number of nitrogens with one attached hydrogen (secondary N) is 1. The van der Waals surface area contributed by atoms with Crippen LogP contribution in [0.2, 0.25) is 0 Å². The Balaban J connectivity index is 1.71. The maximum atomic E-state index is 12.2. The average molecular weight is 261 g/mol. The molecule has 19 heavy (non-hydrogen) atoms. The van der Waals surface area contributed by atoms with E-state index in [-0.39, 0.29) is 18.1 Å². The number of aliphatic hydroxyl groups excluding tert-OH is 1. The first-order valence-corrected chi connectivity index (χ1v) is 6.93. The van der Waals surface area contributed by atoms with Gasteiger partial charge in [0.05, 0.1) is 12.1 Å². The van der Waals surface area contributed by atoms with Crippen molar-refractivity contribution in [1.82, 2.24) is 5.32 Å². The average Bonchev–Trinajstić information content (AvgIpc) is 2.76. The highest BCUT2D eigenvalue weighted by Crippen LogP contribution is 2.31. The summed E-state index contributed by atoms with van der Waals surface area (Å²) in [6, 6.07) is 7.57. The number of benzene rings is 1. The van der Waals surface area contributed by atoms with Gasteiger partial charge in [0.25, 0.3) is 0 Å². The van der Waals surface area contributed by atoms with Gasteiger partial charge in [0.15, 0.2) is 0 Å². The molecule has 1 aliphatic heterocycles. The molecule has 102 valence electrons. The van der Waals surface area contributed by atoms with Gasteiger partial charge in [0.2, 0.25) is 5.91 Å². The van der Waals surface area contributed by atoms with Gasteiger partial charge in [-0.15, -0.1) is 0 Å². The molecule has 1 aliphatic carbocycles. The predicted molar refractivity (Wildman–Crippen MR) is 70.6 cm³/mol. The highest BCUT2D eigenvalue weighted by atomic mass is 16.5. The second kappa shape index (κ2) is 5.31. The van der Waals surface area contributed by atoms with Crippen LogP contribution >= 0.6 is 0 Å². The highest BCUT2D eigenvalue weighted by molar-refractivity contribution is 5.81. The summed E-state index contributed by atoms with van der Waals surface area (Å²) in [5, 5.41) is 13.0. The summed E-state index contributed by atoms with van der Waals surface area (Å²) >= 11 is 0. The fraction of sp³-hybridized carbons (Fsp3) is 0.533. The van der Waals surface area contributed by atoms with Crippen molar-refractivity contribution in [2.75, 3.05) is 6.61 Å². The van der Waals surface area contributed by atoms with Crippen LogP contribution in [-0.2, 0) is 16.0 Å². The fourth-order valence-corrected chi connectivity index (χ4v) is 2.94. The van der Waals surface area contributed by atoms with Gasteiger partial charge in [-0.05, 0) is 30.4 Å². The summed E-state index contributed by atoms with van der Waals surface area (Å²) in [5.41, 5.74) is 2.14. The van der Waals surface area contributed by atoms with E-state index in [1.54, 1.807) is 0 Å². The third-order valence-electron chi connectivity index (χ3n) is 3.97. The molecule has 2 aliphatic rings. The Labute approximate surface area is 112 Å². The van der Waals surface area contributed by atoms with E-state index in [0.29, 0.717) is 13.0 Å². The summed E-state index contributed by atoms with van der Waals surface area (Å²) in [6.45, 7) is 0.655. The topological polar surface area (TPSA) is 58.6 Å². The van der Waals surface area contributed by atoms with E-state index in [1.165, 1.54) is 0 Å². The van der Waals surface area contributed by atoms with Gasteiger partial charge < -0.3 is 15.2 Å². The van der Waals surface area contributed by atoms with E-state index in [4.69, 9.17) is 4.74 Å². The number of rotatable bonds is 2. The van der Waals surface area contributed by atoms with Crippen molar-refractivity contribution < 1.29 is 14.6 Å². The minimum Gasteiger partial charge on any atom is -0.390 e. The Bertz CT molecular complexity index is 468. The Kier molecular flexibility index (Phi) is 3.53. The Morgan fingerprint density at radius 3 is 2.95 bits per heavy atom. The van der Waals surface area contributed by atoms with Gasteiger partial charge in [-0.3, -0.25) is 4.79 Å². The first-order chi connectivity index (χ1) is 9.25. The molecule has 4 heteroatoms. The second-order valence-electron chi connectivity index (χ2n) is 5.31. The van der Waals surface area contributed by atoms with Gasteiger partial charge in [-0.25, -0.2) is 0 Å². The molecule has 1 aromatic rings. The summed E-state index contributed by atoms with van der Waals surface area (Å²) < 4.78 is 5.48. The summed E-state index contributed by atoms with van der Waals surface area (Å²) in [7, 11) is 0. The van der Waals surface area contributed by atoms with Gasteiger partial charge in [0.1, 0.15) is 6.10 Å². The van der Waals surface area contributed by atoms with Crippen LogP contribution in [0, 0.1) is 0 Å². The molecule has 0 saturated carbocycles. The Morgan fingerprint density at radius 2 is 2.16 bits per heavy atom. The number of fused-ring (bicyclic) bond motifs is 1. The van der Waals surface area contributed by atoms with Gasteiger partial charge in [-0.1, -0.05) is 24.3 Å². The van der Waals surface area contributed by atoms with Crippen LogP contribution in [0.3, 0.4) is 0 Å². The van der Waals surface area contributed by atoms with Crippen LogP contribution in [0.5, 0.6) is 0 Å². The van der Waals surface area contributed by atoms with Crippen LogP contribution in [0.25, 0.3) is 0 Å². The normalized spacial score (nSPS) is 29.8. The van der Waals surface area contributed by atoms with E-state index < -0.39 is 6.10 Å². The van der Waals surface area contributed by atoms with E-state index in [0.717, 1.165) is 30.4 Å². The molecule has 0 bridgehead atoms. The fourth-order valence-electron chi connectivity index (χ4n) is 2.94. The lowest BCUT2D eigenvalue weighted by Gasteiger charge is -2.25. The largest absolute Gasteiger partial charge is 0.390 e. The van der Waals surface area contributed by atoms with Crippen LogP contribution in [-0.4, -0.2) is 29.8 Å². The summed E-state index contributed by atoms with van der Waals surface area (Å²) in [4.78, 5) is 12.2. The zero-order valence-corrected chi connectivity index (χ0v) is 10.8. The number of aliphatic hydroxyl groups is 1. The molecule has 4 nitrogen and oxygen atoms in total. The molecule has 0 radical (unpaired) electrons. The first-order valence-electron chi connectivity index (χ1n) is 6.93. The highest BCUT2D eigenvalue weighted by Gasteiger charge is 2.34. The molecule has 2 N–H and O–H groups in total. The number of carbonyl (C=O) groups is 1. The van der Waals surface area contributed by atoms with Crippen molar-refractivity contribution in [3.05, 3.63) is 35.4 Å². The molecule has 1 saturated heterocycles. The van der Waals surface area contributed by atoms with Gasteiger partial charge in [0, 0.05) is 13.0 Å². The minimum atomic E-state index is -0.537. The first kappa shape index (κ1) is 12.6. The molecule has 3 rings (SSSR count). The summed E-state index contributed by atoms with van der Waals surface area (Å²) in [5.74, 6) is -0.0968. The molecule has 0 aromatic heterocycles. The lowest BCUT2D eigenvalue weighted by molar-refractivity contribution is -0.137. The van der Waals surface area contributed by atoms with E-state index in [2.05, 4.69) is 5.32 Å². The van der Waals surface area contributed by atoms with Crippen molar-refractivity contribution in [3.63, 3.8) is 0 Å². The molecule has 1 unspecified atom stereocenters. The van der Waals surface area contributed by atoms with Crippen LogP contribution < -0.4 is 5.32 Å². The number of hydrogen-bond acceptors (Lipinski definition) is 3. The maximum absolute atomic E-state index is 12.2. The number of amides is 1. The molecule has 1 aromatic carbocycles. The SMILES string of the molecule is O=C(N[C@H]1c2ccccc2C[C@H]1O)C1CCCCO1. The van der Waals surface area contributed by atoms with Crippen molar-refractivity contribution in [2.24, 2.45) is 0 Å². The maximum Gasteiger partial charge on any atom is 0.249 e. The minimum absolute atomic E-state index is 0.0968. The van der Waals surface area contributed by atoms with Crippen molar-refractivity contribution in [1.29, 1.82) is 0 Å². The smallest absolute Gasteiger partial charge is 0.249 e. The van der Waals surface area contributed by atoms with Gasteiger partial charge >= 0.3 is 0 Å². The lowest BCUT2D eigenvalue weighted by atomic mass is 10.1. The number of hydrogen-bond donors (Lipinski definition) is 2. The molecule has 1 fully saturated rings. The van der Waals surface area contributed by atoms with Crippen molar-refractivity contribution in [2.45, 2.75) is 43.9 Å². The monoisotopic (exact) mass is 261 g/mol. The Hall–Kier alpha value is -1.39. The zero-order valence-electron chi connectivity index (χ0n) is 10.8. The molecule has 1 heterocycles. The van der Waals surface area contributed by atoms with E-state index in [1.807, 2.05) is 24.3 Å². The van der Waals surface area contributed by atoms with Crippen molar-refractivity contribution in [3.8, 4) is 0 Å².